The van der Waals surface area contributed by atoms with E-state index in [1.165, 1.54) is 0 Å². The summed E-state index contributed by atoms with van der Waals surface area (Å²) in [6, 6.07) is 7.74. The number of hydrogen-bond acceptors (Lipinski definition) is 3. The lowest BCUT2D eigenvalue weighted by Crippen LogP contribution is -2.32. The van der Waals surface area contributed by atoms with Crippen LogP contribution in [0.15, 0.2) is 29.6 Å². The second-order valence-corrected chi connectivity index (χ2v) is 5.99. The summed E-state index contributed by atoms with van der Waals surface area (Å²) in [6.07, 6.45) is 0. The van der Waals surface area contributed by atoms with E-state index in [1.807, 2.05) is 50.5 Å². The molecule has 0 atom stereocenters. The van der Waals surface area contributed by atoms with Crippen LogP contribution in [0.5, 0.6) is 0 Å². The van der Waals surface area contributed by atoms with Gasteiger partial charge in [-0.2, -0.15) is 0 Å². The van der Waals surface area contributed by atoms with E-state index in [9.17, 15) is 4.79 Å². The summed E-state index contributed by atoms with van der Waals surface area (Å²) in [5.41, 5.74) is 2.58. The third kappa shape index (κ3) is 3.19. The molecule has 0 saturated carbocycles. The minimum absolute atomic E-state index is 0.0344. The number of nitrogens with zero attached hydrogens (tertiary/aromatic N) is 2. The quantitative estimate of drug-likeness (QED) is 0.799. The zero-order valence-corrected chi connectivity index (χ0v) is 13.3. The number of benzene rings is 1. The molecule has 0 aliphatic rings. The Kier molecular flexibility index (Phi) is 4.78. The molecule has 3 nitrogen and oxygen atoms in total. The first-order chi connectivity index (χ1) is 9.52. The maximum absolute atomic E-state index is 12.2. The summed E-state index contributed by atoms with van der Waals surface area (Å²) in [5, 5.41) is 2.88. The number of amides is 1. The first-order valence-electron chi connectivity index (χ1n) is 6.41. The van der Waals surface area contributed by atoms with Crippen LogP contribution in [0.3, 0.4) is 0 Å². The van der Waals surface area contributed by atoms with Crippen molar-refractivity contribution in [3.8, 4) is 10.6 Å². The molecule has 0 radical (unpaired) electrons. The number of halogens is 1. The molecule has 0 unspecified atom stereocenters. The predicted molar refractivity (Wildman–Crippen MR) is 84.3 cm³/mol. The Labute approximate surface area is 128 Å². The van der Waals surface area contributed by atoms with Crippen molar-refractivity contribution < 1.29 is 4.79 Å². The van der Waals surface area contributed by atoms with Crippen LogP contribution in [-0.2, 0) is 5.88 Å². The SMILES string of the molecule is CC(C)N(C)C(=O)c1ccc(-c2nc(CCl)cs2)cc1. The fourth-order valence-corrected chi connectivity index (χ4v) is 2.75. The summed E-state index contributed by atoms with van der Waals surface area (Å²) < 4.78 is 0. The first kappa shape index (κ1) is 15.0. The van der Waals surface area contributed by atoms with Crippen LogP contribution in [0.4, 0.5) is 0 Å². The van der Waals surface area contributed by atoms with Gasteiger partial charge in [-0.25, -0.2) is 4.98 Å². The standard InChI is InChI=1S/C15H17ClN2OS/c1-10(2)18(3)15(19)12-6-4-11(5-7-12)14-17-13(8-16)9-20-14/h4-7,9-10H,8H2,1-3H3. The van der Waals surface area contributed by atoms with Crippen molar-refractivity contribution in [3.05, 3.63) is 40.9 Å². The second-order valence-electron chi connectivity index (χ2n) is 4.86. The Hall–Kier alpha value is -1.39. The zero-order chi connectivity index (χ0) is 14.7. The third-order valence-corrected chi connectivity index (χ3v) is 4.38. The van der Waals surface area contributed by atoms with Gasteiger partial charge in [-0.15, -0.1) is 22.9 Å². The van der Waals surface area contributed by atoms with Crippen molar-refractivity contribution in [2.45, 2.75) is 25.8 Å². The van der Waals surface area contributed by atoms with Gasteiger partial charge in [-0.3, -0.25) is 4.79 Å². The van der Waals surface area contributed by atoms with E-state index >= 15 is 0 Å². The van der Waals surface area contributed by atoms with E-state index in [2.05, 4.69) is 4.98 Å². The molecule has 0 aliphatic heterocycles. The molecule has 2 rings (SSSR count). The Morgan fingerprint density at radius 2 is 2.00 bits per heavy atom. The summed E-state index contributed by atoms with van der Waals surface area (Å²) >= 11 is 7.31. The lowest BCUT2D eigenvalue weighted by atomic mass is 10.1. The van der Waals surface area contributed by atoms with Crippen molar-refractivity contribution in [1.29, 1.82) is 0 Å². The van der Waals surface area contributed by atoms with E-state index in [4.69, 9.17) is 11.6 Å². The van der Waals surface area contributed by atoms with Crippen molar-refractivity contribution >= 4 is 28.8 Å². The van der Waals surface area contributed by atoms with Crippen LogP contribution in [0.25, 0.3) is 10.6 Å². The molecule has 1 amide bonds. The summed E-state index contributed by atoms with van der Waals surface area (Å²) in [6.45, 7) is 3.99. The molecule has 0 spiro atoms. The van der Waals surface area contributed by atoms with Gasteiger partial charge in [0.25, 0.3) is 5.91 Å². The Morgan fingerprint density at radius 3 is 2.50 bits per heavy atom. The second kappa shape index (κ2) is 6.37. The largest absolute Gasteiger partial charge is 0.339 e. The van der Waals surface area contributed by atoms with Gasteiger partial charge in [0.1, 0.15) is 5.01 Å². The molecule has 20 heavy (non-hydrogen) atoms. The number of hydrogen-bond donors (Lipinski definition) is 0. The minimum atomic E-state index is 0.0344. The maximum Gasteiger partial charge on any atom is 0.253 e. The number of thiazole rings is 1. The first-order valence-corrected chi connectivity index (χ1v) is 7.82. The highest BCUT2D eigenvalue weighted by Gasteiger charge is 2.14. The van der Waals surface area contributed by atoms with E-state index in [-0.39, 0.29) is 11.9 Å². The summed E-state index contributed by atoms with van der Waals surface area (Å²) in [7, 11) is 1.81. The van der Waals surface area contributed by atoms with Gasteiger partial charge in [0.15, 0.2) is 0 Å². The Balaban J connectivity index is 2.20. The fraction of sp³-hybridized carbons (Fsp3) is 0.333. The number of alkyl halides is 1. The third-order valence-electron chi connectivity index (χ3n) is 3.16. The lowest BCUT2D eigenvalue weighted by Gasteiger charge is -2.21. The molecule has 0 bridgehead atoms. The molecule has 2 aromatic rings. The molecule has 5 heteroatoms. The van der Waals surface area contributed by atoms with E-state index < -0.39 is 0 Å². The Bertz CT molecular complexity index is 592. The zero-order valence-electron chi connectivity index (χ0n) is 11.8. The van der Waals surface area contributed by atoms with Gasteiger partial charge in [-0.1, -0.05) is 12.1 Å². The van der Waals surface area contributed by atoms with E-state index in [1.54, 1.807) is 16.2 Å². The maximum atomic E-state index is 12.2. The monoisotopic (exact) mass is 308 g/mol. The average Bonchev–Trinajstić information content (AvgIpc) is 2.94. The summed E-state index contributed by atoms with van der Waals surface area (Å²) in [5.74, 6) is 0.457. The molecule has 106 valence electrons. The highest BCUT2D eigenvalue weighted by Crippen LogP contribution is 2.25. The number of aromatic nitrogens is 1. The molecular weight excluding hydrogens is 292 g/mol. The van der Waals surface area contributed by atoms with Crippen molar-refractivity contribution in [2.75, 3.05) is 7.05 Å². The van der Waals surface area contributed by atoms with E-state index in [0.29, 0.717) is 11.4 Å². The van der Waals surface area contributed by atoms with E-state index in [0.717, 1.165) is 16.3 Å². The van der Waals surface area contributed by atoms with Gasteiger partial charge < -0.3 is 4.90 Å². The number of rotatable bonds is 4. The smallest absolute Gasteiger partial charge is 0.253 e. The normalized spacial score (nSPS) is 10.8. The fourth-order valence-electron chi connectivity index (χ4n) is 1.69. The van der Waals surface area contributed by atoms with Crippen molar-refractivity contribution in [2.24, 2.45) is 0 Å². The molecule has 1 heterocycles. The molecule has 0 saturated heterocycles. The topological polar surface area (TPSA) is 33.2 Å². The van der Waals surface area contributed by atoms with Gasteiger partial charge in [0, 0.05) is 29.6 Å². The van der Waals surface area contributed by atoms with Crippen molar-refractivity contribution in [1.82, 2.24) is 9.88 Å². The molecule has 1 aromatic heterocycles. The van der Waals surface area contributed by atoms with Crippen LogP contribution in [0.1, 0.15) is 29.9 Å². The molecule has 0 N–H and O–H groups in total. The highest BCUT2D eigenvalue weighted by atomic mass is 35.5. The lowest BCUT2D eigenvalue weighted by molar-refractivity contribution is 0.0755. The molecular formula is C15H17ClN2OS. The Morgan fingerprint density at radius 1 is 1.35 bits per heavy atom. The van der Waals surface area contributed by atoms with Gasteiger partial charge in [0.2, 0.25) is 0 Å². The van der Waals surface area contributed by atoms with Crippen LogP contribution >= 0.6 is 22.9 Å². The van der Waals surface area contributed by atoms with Gasteiger partial charge in [-0.05, 0) is 26.0 Å². The predicted octanol–water partition coefficient (Wildman–Crippen LogP) is 4.03. The number of carbonyl (C=O) groups excluding carboxylic acids is 1. The molecule has 0 fully saturated rings. The van der Waals surface area contributed by atoms with Crippen LogP contribution in [0.2, 0.25) is 0 Å². The molecule has 0 aliphatic carbocycles. The molecule has 1 aromatic carbocycles. The van der Waals surface area contributed by atoms with Crippen molar-refractivity contribution in [3.63, 3.8) is 0 Å². The number of carbonyl (C=O) groups is 1. The van der Waals surface area contributed by atoms with Crippen LogP contribution in [-0.4, -0.2) is 28.9 Å². The van der Waals surface area contributed by atoms with Gasteiger partial charge >= 0.3 is 0 Å². The summed E-state index contributed by atoms with van der Waals surface area (Å²) in [4.78, 5) is 18.3. The van der Waals surface area contributed by atoms with Gasteiger partial charge in [0.05, 0.1) is 11.6 Å². The highest BCUT2D eigenvalue weighted by molar-refractivity contribution is 7.13. The minimum Gasteiger partial charge on any atom is -0.339 e. The average molecular weight is 309 g/mol. The van der Waals surface area contributed by atoms with Crippen LogP contribution in [0, 0.1) is 0 Å². The van der Waals surface area contributed by atoms with Crippen LogP contribution < -0.4 is 0 Å².